The van der Waals surface area contributed by atoms with Crippen LogP contribution in [0, 0.1) is 6.92 Å². The molecule has 0 radical (unpaired) electrons. The molecule has 2 aromatic carbocycles. The molecule has 0 aliphatic rings. The van der Waals surface area contributed by atoms with Crippen LogP contribution in [0.4, 0.5) is 5.13 Å². The third-order valence-electron chi connectivity index (χ3n) is 4.81. The second kappa shape index (κ2) is 10.1. The summed E-state index contributed by atoms with van der Waals surface area (Å²) in [6.07, 6.45) is 1.02. The van der Waals surface area contributed by atoms with Crippen molar-refractivity contribution in [1.29, 1.82) is 0 Å². The standard InChI is InChI=1S/C23H27ClN2O2S/c1-5-13-26(21(15-27-3)17-9-7-6-8-10-17)23-25-22(16(2)29-23)19-12-11-18(28-4)14-20(19)24/h6-12,14,21H,5,13,15H2,1-4H3. The van der Waals surface area contributed by atoms with Crippen molar-refractivity contribution in [2.75, 3.05) is 32.3 Å². The molecule has 0 spiro atoms. The van der Waals surface area contributed by atoms with Crippen LogP contribution in [0.3, 0.4) is 0 Å². The van der Waals surface area contributed by atoms with Crippen molar-refractivity contribution in [1.82, 2.24) is 4.98 Å². The monoisotopic (exact) mass is 430 g/mol. The molecular weight excluding hydrogens is 404 g/mol. The maximum atomic E-state index is 6.52. The molecule has 0 amide bonds. The second-order valence-electron chi connectivity index (χ2n) is 6.82. The summed E-state index contributed by atoms with van der Waals surface area (Å²) in [4.78, 5) is 8.49. The summed E-state index contributed by atoms with van der Waals surface area (Å²) in [5.74, 6) is 0.740. The number of halogens is 1. The normalized spacial score (nSPS) is 12.0. The van der Waals surface area contributed by atoms with Crippen LogP contribution in [0.25, 0.3) is 11.3 Å². The van der Waals surface area contributed by atoms with Crippen molar-refractivity contribution < 1.29 is 9.47 Å². The molecule has 29 heavy (non-hydrogen) atoms. The topological polar surface area (TPSA) is 34.6 Å². The van der Waals surface area contributed by atoms with E-state index in [4.69, 9.17) is 26.1 Å². The first-order chi connectivity index (χ1) is 14.1. The quantitative estimate of drug-likeness (QED) is 0.394. The summed E-state index contributed by atoms with van der Waals surface area (Å²) in [6.45, 7) is 5.77. The van der Waals surface area contributed by atoms with Crippen LogP contribution in [0.2, 0.25) is 5.02 Å². The van der Waals surface area contributed by atoms with E-state index in [1.54, 1.807) is 25.6 Å². The van der Waals surface area contributed by atoms with Gasteiger partial charge in [0.2, 0.25) is 0 Å². The SMILES string of the molecule is CCCN(c1nc(-c2ccc(OC)cc2Cl)c(C)s1)C(COC)c1ccccc1. The predicted molar refractivity (Wildman–Crippen MR) is 123 cm³/mol. The Kier molecular flexibility index (Phi) is 7.53. The van der Waals surface area contributed by atoms with E-state index >= 15 is 0 Å². The molecule has 1 aromatic heterocycles. The van der Waals surface area contributed by atoms with Gasteiger partial charge in [0.05, 0.1) is 30.5 Å². The van der Waals surface area contributed by atoms with E-state index in [0.29, 0.717) is 11.6 Å². The molecule has 0 bridgehead atoms. The van der Waals surface area contributed by atoms with Crippen molar-refractivity contribution in [2.45, 2.75) is 26.3 Å². The van der Waals surface area contributed by atoms with E-state index in [1.807, 2.05) is 24.3 Å². The smallest absolute Gasteiger partial charge is 0.186 e. The van der Waals surface area contributed by atoms with Gasteiger partial charge in [0.15, 0.2) is 5.13 Å². The van der Waals surface area contributed by atoms with Gasteiger partial charge in [-0.25, -0.2) is 4.98 Å². The fourth-order valence-corrected chi connectivity index (χ4v) is 4.65. The van der Waals surface area contributed by atoms with Gasteiger partial charge in [-0.3, -0.25) is 0 Å². The van der Waals surface area contributed by atoms with Gasteiger partial charge in [-0.2, -0.15) is 0 Å². The number of rotatable bonds is 9. The Hall–Kier alpha value is -2.08. The van der Waals surface area contributed by atoms with Gasteiger partial charge in [0.25, 0.3) is 0 Å². The lowest BCUT2D eigenvalue weighted by molar-refractivity contribution is 0.177. The third kappa shape index (κ3) is 4.92. The number of ether oxygens (including phenoxy) is 2. The number of thiazole rings is 1. The highest BCUT2D eigenvalue weighted by Gasteiger charge is 2.24. The fraction of sp³-hybridized carbons (Fsp3) is 0.348. The molecule has 1 atom stereocenters. The summed E-state index contributed by atoms with van der Waals surface area (Å²) in [5, 5.41) is 1.62. The number of aryl methyl sites for hydroxylation is 1. The van der Waals surface area contributed by atoms with E-state index in [9.17, 15) is 0 Å². The maximum Gasteiger partial charge on any atom is 0.186 e. The molecule has 154 valence electrons. The summed E-state index contributed by atoms with van der Waals surface area (Å²) < 4.78 is 10.8. The lowest BCUT2D eigenvalue weighted by Gasteiger charge is -2.31. The molecule has 0 N–H and O–H groups in total. The molecular formula is C23H27ClN2O2S. The number of hydrogen-bond acceptors (Lipinski definition) is 5. The first-order valence-corrected chi connectivity index (χ1v) is 10.9. The molecule has 0 aliphatic heterocycles. The zero-order chi connectivity index (χ0) is 20.8. The van der Waals surface area contributed by atoms with Crippen LogP contribution in [-0.2, 0) is 4.74 Å². The van der Waals surface area contributed by atoms with E-state index < -0.39 is 0 Å². The van der Waals surface area contributed by atoms with Crippen molar-refractivity contribution >= 4 is 28.1 Å². The molecule has 6 heteroatoms. The van der Waals surface area contributed by atoms with Gasteiger partial charge < -0.3 is 14.4 Å². The minimum Gasteiger partial charge on any atom is -0.497 e. The van der Waals surface area contributed by atoms with Gasteiger partial charge >= 0.3 is 0 Å². The van der Waals surface area contributed by atoms with Crippen molar-refractivity contribution in [2.24, 2.45) is 0 Å². The highest BCUT2D eigenvalue weighted by molar-refractivity contribution is 7.16. The number of aromatic nitrogens is 1. The zero-order valence-electron chi connectivity index (χ0n) is 17.3. The van der Waals surface area contributed by atoms with Crippen molar-refractivity contribution in [3.05, 3.63) is 64.0 Å². The van der Waals surface area contributed by atoms with E-state index in [-0.39, 0.29) is 6.04 Å². The molecule has 1 unspecified atom stereocenters. The summed E-state index contributed by atoms with van der Waals surface area (Å²) in [7, 11) is 3.38. The first-order valence-electron chi connectivity index (χ1n) is 9.70. The highest BCUT2D eigenvalue weighted by atomic mass is 35.5. The molecule has 4 nitrogen and oxygen atoms in total. The van der Waals surface area contributed by atoms with Crippen LogP contribution >= 0.6 is 22.9 Å². The highest BCUT2D eigenvalue weighted by Crippen LogP contribution is 2.39. The maximum absolute atomic E-state index is 6.52. The summed E-state index contributed by atoms with van der Waals surface area (Å²) in [6, 6.07) is 16.3. The number of anilines is 1. The van der Waals surface area contributed by atoms with Crippen LogP contribution in [0.1, 0.15) is 29.8 Å². The molecule has 3 aromatic rings. The van der Waals surface area contributed by atoms with E-state index in [1.165, 1.54) is 5.56 Å². The Labute approximate surface area is 182 Å². The average Bonchev–Trinajstić information content (AvgIpc) is 3.12. The predicted octanol–water partition coefficient (Wildman–Crippen LogP) is 6.38. The zero-order valence-corrected chi connectivity index (χ0v) is 18.9. The minimum absolute atomic E-state index is 0.103. The Morgan fingerprint density at radius 3 is 2.52 bits per heavy atom. The lowest BCUT2D eigenvalue weighted by atomic mass is 10.1. The third-order valence-corrected chi connectivity index (χ3v) is 6.13. The molecule has 0 saturated carbocycles. The van der Waals surface area contributed by atoms with Gasteiger partial charge in [0.1, 0.15) is 5.75 Å². The minimum atomic E-state index is 0.103. The fourth-order valence-electron chi connectivity index (χ4n) is 3.39. The van der Waals surface area contributed by atoms with Crippen molar-refractivity contribution in [3.63, 3.8) is 0 Å². The number of methoxy groups -OCH3 is 2. The van der Waals surface area contributed by atoms with Crippen LogP contribution in [0.5, 0.6) is 5.75 Å². The number of nitrogens with zero attached hydrogens (tertiary/aromatic N) is 2. The van der Waals surface area contributed by atoms with Crippen LogP contribution in [-0.4, -0.2) is 32.4 Å². The van der Waals surface area contributed by atoms with Crippen molar-refractivity contribution in [3.8, 4) is 17.0 Å². The summed E-state index contributed by atoms with van der Waals surface area (Å²) >= 11 is 8.22. The molecule has 0 saturated heterocycles. The Morgan fingerprint density at radius 2 is 1.90 bits per heavy atom. The van der Waals surface area contributed by atoms with E-state index in [2.05, 4.69) is 43.0 Å². The lowest BCUT2D eigenvalue weighted by Crippen LogP contribution is -2.32. The number of hydrogen-bond donors (Lipinski definition) is 0. The largest absolute Gasteiger partial charge is 0.497 e. The Morgan fingerprint density at radius 1 is 1.14 bits per heavy atom. The van der Waals surface area contributed by atoms with Gasteiger partial charge in [0, 0.05) is 24.1 Å². The molecule has 1 heterocycles. The average molecular weight is 431 g/mol. The number of benzene rings is 2. The van der Waals surface area contributed by atoms with E-state index in [0.717, 1.165) is 40.0 Å². The van der Waals surface area contributed by atoms with Crippen LogP contribution in [0.15, 0.2) is 48.5 Å². The van der Waals surface area contributed by atoms with Gasteiger partial charge in [-0.05, 0) is 37.1 Å². The van der Waals surface area contributed by atoms with Gasteiger partial charge in [-0.1, -0.05) is 48.9 Å². The van der Waals surface area contributed by atoms with Crippen LogP contribution < -0.4 is 9.64 Å². The first kappa shape index (κ1) is 21.6. The Balaban J connectivity index is 2.01. The molecule has 3 rings (SSSR count). The second-order valence-corrected chi connectivity index (χ2v) is 8.41. The summed E-state index contributed by atoms with van der Waals surface area (Å²) in [5.41, 5.74) is 3.06. The van der Waals surface area contributed by atoms with Gasteiger partial charge in [-0.15, -0.1) is 11.3 Å². The molecule has 0 fully saturated rings. The molecule has 0 aliphatic carbocycles. The Bertz CT molecular complexity index is 930.